The van der Waals surface area contributed by atoms with Crippen molar-refractivity contribution in [1.82, 2.24) is 0 Å². The van der Waals surface area contributed by atoms with E-state index in [0.29, 0.717) is 0 Å². The Balaban J connectivity index is 1.80. The molecule has 0 N–H and O–H groups in total. The van der Waals surface area contributed by atoms with Crippen LogP contribution in [0.1, 0.15) is 65.2 Å². The average molecular weight is 180 g/mol. The zero-order valence-corrected chi connectivity index (χ0v) is 9.31. The van der Waals surface area contributed by atoms with Gasteiger partial charge in [0.25, 0.3) is 0 Å². The molecule has 2 saturated carbocycles. The third kappa shape index (κ3) is 1.92. The van der Waals surface area contributed by atoms with Gasteiger partial charge in [0.1, 0.15) is 0 Å². The minimum atomic E-state index is 0.858. The lowest BCUT2D eigenvalue weighted by Gasteiger charge is -2.30. The van der Waals surface area contributed by atoms with Gasteiger partial charge in [0.15, 0.2) is 0 Å². The van der Waals surface area contributed by atoms with Gasteiger partial charge in [0.05, 0.1) is 0 Å². The van der Waals surface area contributed by atoms with Crippen LogP contribution in [0.4, 0.5) is 0 Å². The maximum Gasteiger partial charge on any atom is -0.0266 e. The summed E-state index contributed by atoms with van der Waals surface area (Å²) in [7, 11) is 0. The molecule has 3 atom stereocenters. The molecular weight excluding hydrogens is 156 g/mol. The summed E-state index contributed by atoms with van der Waals surface area (Å²) in [6, 6.07) is 0. The fourth-order valence-electron chi connectivity index (χ4n) is 3.44. The highest BCUT2D eigenvalue weighted by molar-refractivity contribution is 5.02. The van der Waals surface area contributed by atoms with Gasteiger partial charge in [0.2, 0.25) is 0 Å². The van der Waals surface area contributed by atoms with Crippen molar-refractivity contribution in [2.24, 2.45) is 17.3 Å². The Labute approximate surface area is 83.1 Å². The van der Waals surface area contributed by atoms with E-state index < -0.39 is 0 Å². The van der Waals surface area contributed by atoms with E-state index in [1.807, 2.05) is 0 Å². The molecule has 13 heavy (non-hydrogen) atoms. The van der Waals surface area contributed by atoms with E-state index in [0.717, 1.165) is 17.3 Å². The van der Waals surface area contributed by atoms with E-state index in [-0.39, 0.29) is 0 Å². The minimum Gasteiger partial charge on any atom is -0.0654 e. The van der Waals surface area contributed by atoms with Crippen molar-refractivity contribution in [2.45, 2.75) is 65.2 Å². The third-order valence-electron chi connectivity index (χ3n) is 4.55. The minimum absolute atomic E-state index is 0.858. The third-order valence-corrected chi connectivity index (χ3v) is 4.55. The van der Waals surface area contributed by atoms with E-state index in [1.54, 1.807) is 19.3 Å². The zero-order chi connectivity index (χ0) is 9.31. The van der Waals surface area contributed by atoms with Crippen LogP contribution in [0.25, 0.3) is 0 Å². The molecule has 0 heteroatoms. The van der Waals surface area contributed by atoms with Crippen LogP contribution in [-0.4, -0.2) is 0 Å². The van der Waals surface area contributed by atoms with Crippen molar-refractivity contribution in [3.05, 3.63) is 0 Å². The molecule has 1 spiro atoms. The van der Waals surface area contributed by atoms with E-state index in [9.17, 15) is 0 Å². The van der Waals surface area contributed by atoms with Crippen LogP contribution in [0.2, 0.25) is 0 Å². The molecule has 0 radical (unpaired) electrons. The summed E-state index contributed by atoms with van der Waals surface area (Å²) >= 11 is 0. The Kier molecular flexibility index (Phi) is 2.67. The second-order valence-corrected chi connectivity index (χ2v) is 5.57. The quantitative estimate of drug-likeness (QED) is 0.604. The molecule has 2 aliphatic rings. The maximum absolute atomic E-state index is 2.46. The average Bonchev–Trinajstić information content (AvgIpc) is 2.73. The summed E-state index contributed by atoms with van der Waals surface area (Å²) in [6.45, 7) is 4.78. The Morgan fingerprint density at radius 3 is 2.69 bits per heavy atom. The summed E-state index contributed by atoms with van der Waals surface area (Å²) in [4.78, 5) is 0. The normalized spacial score (nSPS) is 43.8. The molecule has 2 fully saturated rings. The van der Waals surface area contributed by atoms with Gasteiger partial charge in [-0.3, -0.25) is 0 Å². The Hall–Kier alpha value is 0. The molecule has 0 aliphatic heterocycles. The lowest BCUT2D eigenvalue weighted by molar-refractivity contribution is 0.219. The molecule has 0 saturated heterocycles. The number of hydrogen-bond acceptors (Lipinski definition) is 0. The van der Waals surface area contributed by atoms with Gasteiger partial charge in [-0.1, -0.05) is 46.0 Å². The number of rotatable bonds is 3. The molecule has 0 bridgehead atoms. The van der Waals surface area contributed by atoms with Crippen LogP contribution < -0.4 is 0 Å². The molecule has 2 rings (SSSR count). The van der Waals surface area contributed by atoms with Crippen LogP contribution in [-0.2, 0) is 0 Å². The zero-order valence-electron chi connectivity index (χ0n) is 9.31. The summed E-state index contributed by atoms with van der Waals surface area (Å²) in [5, 5.41) is 0. The molecule has 76 valence electrons. The summed E-state index contributed by atoms with van der Waals surface area (Å²) < 4.78 is 0. The smallest absolute Gasteiger partial charge is 0.0266 e. The van der Waals surface area contributed by atoms with Gasteiger partial charge in [-0.25, -0.2) is 0 Å². The van der Waals surface area contributed by atoms with Crippen molar-refractivity contribution in [3.63, 3.8) is 0 Å². The predicted molar refractivity (Wildman–Crippen MR) is 57.7 cm³/mol. The second kappa shape index (κ2) is 3.63. The molecule has 0 nitrogen and oxygen atoms in total. The second-order valence-electron chi connectivity index (χ2n) is 5.57. The molecule has 0 aromatic carbocycles. The highest BCUT2D eigenvalue weighted by atomic mass is 14.6. The number of hydrogen-bond donors (Lipinski definition) is 0. The van der Waals surface area contributed by atoms with E-state index in [4.69, 9.17) is 0 Å². The van der Waals surface area contributed by atoms with Crippen molar-refractivity contribution >= 4 is 0 Å². The first-order valence-electron chi connectivity index (χ1n) is 6.27. The van der Waals surface area contributed by atoms with Gasteiger partial charge in [0, 0.05) is 0 Å². The molecule has 3 unspecified atom stereocenters. The molecule has 0 aromatic rings. The van der Waals surface area contributed by atoms with Gasteiger partial charge < -0.3 is 0 Å². The van der Waals surface area contributed by atoms with Gasteiger partial charge in [-0.2, -0.15) is 0 Å². The fourth-order valence-corrected chi connectivity index (χ4v) is 3.44. The summed E-state index contributed by atoms with van der Waals surface area (Å²) in [6.07, 6.45) is 12.1. The largest absolute Gasteiger partial charge is 0.0654 e. The maximum atomic E-state index is 2.46. The molecule has 0 heterocycles. The van der Waals surface area contributed by atoms with Crippen molar-refractivity contribution < 1.29 is 0 Å². The highest BCUT2D eigenvalue weighted by Crippen LogP contribution is 2.62. The van der Waals surface area contributed by atoms with Crippen LogP contribution in [0.3, 0.4) is 0 Å². The van der Waals surface area contributed by atoms with Crippen LogP contribution in [0, 0.1) is 17.3 Å². The lowest BCUT2D eigenvalue weighted by atomic mass is 9.76. The van der Waals surface area contributed by atoms with Crippen molar-refractivity contribution in [3.8, 4) is 0 Å². The molecule has 0 amide bonds. The first-order chi connectivity index (χ1) is 6.27. The first-order valence-corrected chi connectivity index (χ1v) is 6.27. The van der Waals surface area contributed by atoms with E-state index >= 15 is 0 Å². The molecular formula is C13H24. The van der Waals surface area contributed by atoms with E-state index in [2.05, 4.69) is 13.8 Å². The Morgan fingerprint density at radius 1 is 1.31 bits per heavy atom. The Bertz CT molecular complexity index is 173. The standard InChI is InChI=1S/C13H24/c1-3-4-6-12-7-5-8-13(10-12)9-11(13)2/h11-12H,3-10H2,1-2H3. The monoisotopic (exact) mass is 180 g/mol. The number of unbranched alkanes of at least 4 members (excludes halogenated alkanes) is 1. The lowest BCUT2D eigenvalue weighted by Crippen LogP contribution is -2.17. The summed E-state index contributed by atoms with van der Waals surface area (Å²) in [5.74, 6) is 2.16. The predicted octanol–water partition coefficient (Wildman–Crippen LogP) is 4.39. The first kappa shape index (κ1) is 9.55. The van der Waals surface area contributed by atoms with Gasteiger partial charge >= 0.3 is 0 Å². The SMILES string of the molecule is CCCCC1CCCC2(C1)CC2C. The van der Waals surface area contributed by atoms with Crippen molar-refractivity contribution in [1.29, 1.82) is 0 Å². The Morgan fingerprint density at radius 2 is 2.08 bits per heavy atom. The van der Waals surface area contributed by atoms with E-state index in [1.165, 1.54) is 32.1 Å². The highest BCUT2D eigenvalue weighted by Gasteiger charge is 2.52. The van der Waals surface area contributed by atoms with Crippen LogP contribution >= 0.6 is 0 Å². The van der Waals surface area contributed by atoms with Crippen molar-refractivity contribution in [2.75, 3.05) is 0 Å². The van der Waals surface area contributed by atoms with Gasteiger partial charge in [-0.05, 0) is 36.5 Å². The topological polar surface area (TPSA) is 0 Å². The van der Waals surface area contributed by atoms with Crippen LogP contribution in [0.5, 0.6) is 0 Å². The van der Waals surface area contributed by atoms with Crippen LogP contribution in [0.15, 0.2) is 0 Å². The summed E-state index contributed by atoms with van der Waals surface area (Å²) in [5.41, 5.74) is 0.858. The molecule has 0 aromatic heterocycles. The fraction of sp³-hybridized carbons (Fsp3) is 1.00. The molecule has 2 aliphatic carbocycles. The van der Waals surface area contributed by atoms with Gasteiger partial charge in [-0.15, -0.1) is 0 Å².